The Balaban J connectivity index is 2.26. The number of halogens is 1. The van der Waals surface area contributed by atoms with Crippen LogP contribution in [0.25, 0.3) is 0 Å². The summed E-state index contributed by atoms with van der Waals surface area (Å²) in [5.74, 6) is -0.0864. The Morgan fingerprint density at radius 3 is 2.63 bits per heavy atom. The Morgan fingerprint density at radius 2 is 2.05 bits per heavy atom. The van der Waals surface area contributed by atoms with Gasteiger partial charge in [0.1, 0.15) is 0 Å². The Bertz CT molecular complexity index is 697. The van der Waals surface area contributed by atoms with E-state index in [0.29, 0.717) is 16.5 Å². The molecular formula is C11H14BrNO4S2. The van der Waals surface area contributed by atoms with Crippen molar-refractivity contribution < 1.29 is 16.8 Å². The molecule has 19 heavy (non-hydrogen) atoms. The molecule has 8 heteroatoms. The van der Waals surface area contributed by atoms with E-state index in [1.165, 1.54) is 6.07 Å². The van der Waals surface area contributed by atoms with Gasteiger partial charge in [-0.3, -0.25) is 0 Å². The lowest BCUT2D eigenvalue weighted by Crippen LogP contribution is -2.35. The van der Waals surface area contributed by atoms with Crippen LogP contribution in [0.1, 0.15) is 12.0 Å². The van der Waals surface area contributed by atoms with Gasteiger partial charge in [0.25, 0.3) is 0 Å². The summed E-state index contributed by atoms with van der Waals surface area (Å²) in [5, 5.41) is 0. The topological polar surface area (TPSA) is 80.3 Å². The SMILES string of the molecule is Cc1ccc(Br)cc1S(=O)(=O)NC1CCS(=O)(=O)C1. The molecule has 0 amide bonds. The fourth-order valence-corrected chi connectivity index (χ4v) is 5.87. The maximum atomic E-state index is 12.2. The van der Waals surface area contributed by atoms with Gasteiger partial charge in [0.15, 0.2) is 9.84 Å². The summed E-state index contributed by atoms with van der Waals surface area (Å²) < 4.78 is 50.3. The van der Waals surface area contributed by atoms with Gasteiger partial charge in [-0.05, 0) is 31.0 Å². The van der Waals surface area contributed by atoms with Crippen molar-refractivity contribution in [2.75, 3.05) is 11.5 Å². The van der Waals surface area contributed by atoms with Crippen LogP contribution in [-0.2, 0) is 19.9 Å². The quantitative estimate of drug-likeness (QED) is 0.870. The maximum absolute atomic E-state index is 12.2. The molecule has 0 saturated carbocycles. The summed E-state index contributed by atoms with van der Waals surface area (Å²) in [6.07, 6.45) is 0.328. The number of nitrogens with one attached hydrogen (secondary N) is 1. The largest absolute Gasteiger partial charge is 0.241 e. The van der Waals surface area contributed by atoms with Gasteiger partial charge in [0.05, 0.1) is 16.4 Å². The van der Waals surface area contributed by atoms with Crippen molar-refractivity contribution in [2.45, 2.75) is 24.3 Å². The van der Waals surface area contributed by atoms with Gasteiger partial charge in [-0.25, -0.2) is 21.6 Å². The zero-order valence-corrected chi connectivity index (χ0v) is 13.5. The summed E-state index contributed by atoms with van der Waals surface area (Å²) in [4.78, 5) is 0.172. The first kappa shape index (κ1) is 15.0. The zero-order valence-electron chi connectivity index (χ0n) is 10.3. The highest BCUT2D eigenvalue weighted by Crippen LogP contribution is 2.22. The van der Waals surface area contributed by atoms with Gasteiger partial charge in [-0.1, -0.05) is 22.0 Å². The lowest BCUT2D eigenvalue weighted by Gasteiger charge is -2.13. The summed E-state index contributed by atoms with van der Waals surface area (Å²) in [6.45, 7) is 1.70. The molecule has 1 atom stereocenters. The lowest BCUT2D eigenvalue weighted by molar-refractivity contribution is 0.562. The van der Waals surface area contributed by atoms with Crippen molar-refractivity contribution in [2.24, 2.45) is 0 Å². The second-order valence-corrected chi connectivity index (χ2v) is 9.46. The van der Waals surface area contributed by atoms with E-state index in [4.69, 9.17) is 0 Å². The van der Waals surface area contributed by atoms with E-state index in [9.17, 15) is 16.8 Å². The molecule has 0 spiro atoms. The standard InChI is InChI=1S/C11H14BrNO4S2/c1-8-2-3-9(12)6-11(8)19(16,17)13-10-4-5-18(14,15)7-10/h2-3,6,10,13H,4-5,7H2,1H3. The summed E-state index contributed by atoms with van der Waals surface area (Å²) in [5.41, 5.74) is 0.622. The predicted molar refractivity (Wildman–Crippen MR) is 76.3 cm³/mol. The van der Waals surface area contributed by atoms with Crippen LogP contribution in [0, 0.1) is 6.92 Å². The summed E-state index contributed by atoms with van der Waals surface area (Å²) in [7, 11) is -6.80. The molecular weight excluding hydrogens is 354 g/mol. The van der Waals surface area contributed by atoms with Crippen molar-refractivity contribution in [1.82, 2.24) is 4.72 Å². The number of sulfonamides is 1. The van der Waals surface area contributed by atoms with Crippen molar-refractivity contribution in [3.63, 3.8) is 0 Å². The third-order valence-corrected chi connectivity index (χ3v) is 6.92. The molecule has 0 aliphatic carbocycles. The number of rotatable bonds is 3. The van der Waals surface area contributed by atoms with Crippen LogP contribution in [0.2, 0.25) is 0 Å². The average molecular weight is 368 g/mol. The number of hydrogen-bond acceptors (Lipinski definition) is 4. The minimum atomic E-state index is -3.69. The van der Waals surface area contributed by atoms with Gasteiger partial charge in [-0.2, -0.15) is 0 Å². The molecule has 1 saturated heterocycles. The molecule has 1 N–H and O–H groups in total. The van der Waals surface area contributed by atoms with E-state index in [-0.39, 0.29) is 16.4 Å². The van der Waals surface area contributed by atoms with Crippen molar-refractivity contribution in [1.29, 1.82) is 0 Å². The van der Waals surface area contributed by atoms with Crippen LogP contribution in [0.4, 0.5) is 0 Å². The normalized spacial score (nSPS) is 22.5. The fraction of sp³-hybridized carbons (Fsp3) is 0.455. The molecule has 5 nitrogen and oxygen atoms in total. The Kier molecular flexibility index (Phi) is 4.06. The number of hydrogen-bond donors (Lipinski definition) is 1. The zero-order chi connectivity index (χ0) is 14.3. The first-order chi connectivity index (χ1) is 8.70. The third-order valence-electron chi connectivity index (χ3n) is 2.99. The molecule has 0 radical (unpaired) electrons. The van der Waals surface area contributed by atoms with Gasteiger partial charge in [0.2, 0.25) is 10.0 Å². The molecule has 0 aromatic heterocycles. The average Bonchev–Trinajstić information content (AvgIpc) is 2.60. The Labute approximate surface area is 121 Å². The maximum Gasteiger partial charge on any atom is 0.241 e. The molecule has 1 aliphatic rings. The summed E-state index contributed by atoms with van der Waals surface area (Å²) in [6, 6.07) is 4.44. The first-order valence-corrected chi connectivity index (χ1v) is 9.78. The van der Waals surface area contributed by atoms with Crippen molar-refractivity contribution in [3.05, 3.63) is 28.2 Å². The molecule has 1 aliphatic heterocycles. The van der Waals surface area contributed by atoms with Crippen LogP contribution in [0.15, 0.2) is 27.6 Å². The number of sulfone groups is 1. The third kappa shape index (κ3) is 3.56. The van der Waals surface area contributed by atoms with Gasteiger partial charge in [-0.15, -0.1) is 0 Å². The predicted octanol–water partition coefficient (Wildman–Crippen LogP) is 1.22. The molecule has 106 valence electrons. The van der Waals surface area contributed by atoms with Crippen LogP contribution >= 0.6 is 15.9 Å². The van der Waals surface area contributed by atoms with Gasteiger partial charge in [0, 0.05) is 10.5 Å². The molecule has 1 aromatic carbocycles. The van der Waals surface area contributed by atoms with Crippen LogP contribution in [-0.4, -0.2) is 34.4 Å². The highest BCUT2D eigenvalue weighted by molar-refractivity contribution is 9.10. The highest BCUT2D eigenvalue weighted by Gasteiger charge is 2.31. The van der Waals surface area contributed by atoms with E-state index in [2.05, 4.69) is 20.7 Å². The van der Waals surface area contributed by atoms with E-state index < -0.39 is 25.9 Å². The molecule has 2 rings (SSSR count). The molecule has 0 bridgehead atoms. The smallest absolute Gasteiger partial charge is 0.229 e. The minimum Gasteiger partial charge on any atom is -0.229 e. The van der Waals surface area contributed by atoms with Crippen LogP contribution in [0.3, 0.4) is 0 Å². The monoisotopic (exact) mass is 367 g/mol. The Hall–Kier alpha value is -0.440. The minimum absolute atomic E-state index is 0.0393. The second-order valence-electron chi connectivity index (χ2n) is 4.63. The van der Waals surface area contributed by atoms with E-state index in [0.717, 1.165) is 0 Å². The van der Waals surface area contributed by atoms with Gasteiger partial charge >= 0.3 is 0 Å². The lowest BCUT2D eigenvalue weighted by atomic mass is 10.2. The first-order valence-electron chi connectivity index (χ1n) is 5.68. The molecule has 1 heterocycles. The van der Waals surface area contributed by atoms with Crippen molar-refractivity contribution in [3.8, 4) is 0 Å². The van der Waals surface area contributed by atoms with E-state index in [1.807, 2.05) is 0 Å². The van der Waals surface area contributed by atoms with Crippen LogP contribution in [0.5, 0.6) is 0 Å². The molecule has 1 unspecified atom stereocenters. The van der Waals surface area contributed by atoms with Gasteiger partial charge < -0.3 is 0 Å². The van der Waals surface area contributed by atoms with E-state index in [1.54, 1.807) is 19.1 Å². The second kappa shape index (κ2) is 5.16. The Morgan fingerprint density at radius 1 is 1.37 bits per heavy atom. The van der Waals surface area contributed by atoms with Crippen LogP contribution < -0.4 is 4.72 Å². The number of aryl methyl sites for hydroxylation is 1. The fourth-order valence-electron chi connectivity index (χ4n) is 2.03. The molecule has 1 fully saturated rings. The molecule has 1 aromatic rings. The van der Waals surface area contributed by atoms with Crippen molar-refractivity contribution >= 4 is 35.8 Å². The van der Waals surface area contributed by atoms with E-state index >= 15 is 0 Å². The highest BCUT2D eigenvalue weighted by atomic mass is 79.9. The number of benzene rings is 1. The summed E-state index contributed by atoms with van der Waals surface area (Å²) >= 11 is 3.23.